The van der Waals surface area contributed by atoms with Crippen LogP contribution in [0.15, 0.2) is 34.9 Å². The van der Waals surface area contributed by atoms with Gasteiger partial charge in [0.05, 0.1) is 13.2 Å². The minimum Gasteiger partial charge on any atom is -0.467 e. The van der Waals surface area contributed by atoms with E-state index >= 15 is 0 Å². The Hall–Kier alpha value is -2.54. The van der Waals surface area contributed by atoms with E-state index in [-0.39, 0.29) is 17.9 Å². The highest BCUT2D eigenvalue weighted by molar-refractivity contribution is 5.94. The smallest absolute Gasteiger partial charge is 0.314 e. The molecule has 1 amide bonds. The number of hydrogen-bond donors (Lipinski definition) is 1. The fraction of sp³-hybridized carbons (Fsp3) is 0.474. The molecule has 0 spiro atoms. The van der Waals surface area contributed by atoms with Crippen LogP contribution in [0.5, 0.6) is 17.6 Å². The molecule has 3 aliphatic rings. The Morgan fingerprint density at radius 2 is 2.00 bits per heavy atom. The van der Waals surface area contributed by atoms with E-state index in [0.29, 0.717) is 29.2 Å². The zero-order valence-corrected chi connectivity index (χ0v) is 15.0. The SMILES string of the molecule is COc1cc(Oc2ccc(C(=O)NC3C4CCN(CC4)C3C)cc2)no1. The summed E-state index contributed by atoms with van der Waals surface area (Å²) in [7, 11) is 1.49. The Kier molecular flexibility index (Phi) is 4.55. The van der Waals surface area contributed by atoms with Crippen LogP contribution in [0, 0.1) is 5.92 Å². The molecule has 3 saturated heterocycles. The van der Waals surface area contributed by atoms with Crippen LogP contribution in [0.1, 0.15) is 30.1 Å². The lowest BCUT2D eigenvalue weighted by Gasteiger charge is -2.49. The maximum absolute atomic E-state index is 12.6. The monoisotopic (exact) mass is 357 g/mol. The quantitative estimate of drug-likeness (QED) is 0.887. The number of carbonyl (C=O) groups excluding carboxylic acids is 1. The highest BCUT2D eigenvalue weighted by Crippen LogP contribution is 2.32. The average molecular weight is 357 g/mol. The van der Waals surface area contributed by atoms with E-state index in [4.69, 9.17) is 14.0 Å². The Balaban J connectivity index is 1.39. The number of aromatic nitrogens is 1. The van der Waals surface area contributed by atoms with Crippen LogP contribution in [0.2, 0.25) is 0 Å². The molecule has 2 bridgehead atoms. The molecule has 7 heteroatoms. The molecule has 2 unspecified atom stereocenters. The summed E-state index contributed by atoms with van der Waals surface area (Å²) in [5.41, 5.74) is 0.624. The van der Waals surface area contributed by atoms with Gasteiger partial charge >= 0.3 is 5.95 Å². The largest absolute Gasteiger partial charge is 0.467 e. The number of amides is 1. The average Bonchev–Trinajstić information content (AvgIpc) is 3.13. The molecule has 7 nitrogen and oxygen atoms in total. The number of fused-ring (bicyclic) bond motifs is 3. The predicted octanol–water partition coefficient (Wildman–Crippen LogP) is 2.69. The molecule has 0 saturated carbocycles. The zero-order valence-electron chi connectivity index (χ0n) is 15.0. The standard InChI is InChI=1S/C19H23N3O4/c1-12-18(13-7-9-22(12)10-8-13)20-19(23)14-3-5-15(6-4-14)25-16-11-17(24-2)26-21-16/h3-6,11-13,18H,7-10H2,1-2H3,(H,20,23). The molecule has 1 aromatic carbocycles. The zero-order chi connectivity index (χ0) is 18.1. The number of benzene rings is 1. The predicted molar refractivity (Wildman–Crippen MR) is 94.6 cm³/mol. The van der Waals surface area contributed by atoms with Gasteiger partial charge in [0, 0.05) is 17.6 Å². The van der Waals surface area contributed by atoms with Crippen LogP contribution in [-0.2, 0) is 0 Å². The fourth-order valence-corrected chi connectivity index (χ4v) is 3.96. The van der Waals surface area contributed by atoms with Crippen molar-refractivity contribution in [3.05, 3.63) is 35.9 Å². The van der Waals surface area contributed by atoms with Gasteiger partial charge in [-0.1, -0.05) is 0 Å². The summed E-state index contributed by atoms with van der Waals surface area (Å²) in [6.07, 6.45) is 2.34. The van der Waals surface area contributed by atoms with Gasteiger partial charge in [-0.3, -0.25) is 9.69 Å². The van der Waals surface area contributed by atoms with Gasteiger partial charge in [0.25, 0.3) is 11.8 Å². The molecule has 3 fully saturated rings. The first-order chi connectivity index (χ1) is 12.6. The van der Waals surface area contributed by atoms with E-state index in [1.807, 2.05) is 0 Å². The number of carbonyl (C=O) groups is 1. The van der Waals surface area contributed by atoms with E-state index in [9.17, 15) is 4.79 Å². The second-order valence-electron chi connectivity index (χ2n) is 6.93. The van der Waals surface area contributed by atoms with Crippen LogP contribution < -0.4 is 14.8 Å². The molecule has 3 aliphatic heterocycles. The van der Waals surface area contributed by atoms with Crippen LogP contribution >= 0.6 is 0 Å². The number of rotatable bonds is 5. The van der Waals surface area contributed by atoms with Crippen LogP contribution in [0.25, 0.3) is 0 Å². The number of piperidine rings is 3. The van der Waals surface area contributed by atoms with Gasteiger partial charge in [0.15, 0.2) is 0 Å². The van der Waals surface area contributed by atoms with Gasteiger partial charge < -0.3 is 19.3 Å². The van der Waals surface area contributed by atoms with Crippen LogP contribution in [-0.4, -0.2) is 48.2 Å². The van der Waals surface area contributed by atoms with Crippen molar-refractivity contribution in [3.63, 3.8) is 0 Å². The van der Waals surface area contributed by atoms with Gasteiger partial charge in [-0.05, 0) is 68.2 Å². The van der Waals surface area contributed by atoms with Crippen molar-refractivity contribution in [3.8, 4) is 17.6 Å². The topological polar surface area (TPSA) is 76.8 Å². The highest BCUT2D eigenvalue weighted by Gasteiger charge is 2.40. The van der Waals surface area contributed by atoms with Crippen LogP contribution in [0.3, 0.4) is 0 Å². The first-order valence-corrected chi connectivity index (χ1v) is 8.97. The van der Waals surface area contributed by atoms with Crippen molar-refractivity contribution >= 4 is 5.91 Å². The molecule has 1 N–H and O–H groups in total. The molecule has 2 aromatic rings. The molecule has 5 rings (SSSR count). The lowest BCUT2D eigenvalue weighted by molar-refractivity contribution is 0.0217. The summed E-state index contributed by atoms with van der Waals surface area (Å²) in [6, 6.07) is 9.18. The summed E-state index contributed by atoms with van der Waals surface area (Å²) in [5, 5.41) is 6.97. The molecule has 4 heterocycles. The highest BCUT2D eigenvalue weighted by atomic mass is 16.6. The number of ether oxygens (including phenoxy) is 2. The van der Waals surface area contributed by atoms with E-state index in [1.54, 1.807) is 30.3 Å². The summed E-state index contributed by atoms with van der Waals surface area (Å²) in [4.78, 5) is 15.1. The Morgan fingerprint density at radius 1 is 1.27 bits per heavy atom. The van der Waals surface area contributed by atoms with Crippen molar-refractivity contribution in [1.82, 2.24) is 15.4 Å². The van der Waals surface area contributed by atoms with E-state index < -0.39 is 0 Å². The summed E-state index contributed by atoms with van der Waals surface area (Å²) >= 11 is 0. The second kappa shape index (κ2) is 6.99. The summed E-state index contributed by atoms with van der Waals surface area (Å²) < 4.78 is 15.4. The molecular weight excluding hydrogens is 334 g/mol. The minimum absolute atomic E-state index is 0.0368. The van der Waals surface area contributed by atoms with Crippen molar-refractivity contribution in [2.24, 2.45) is 5.92 Å². The first-order valence-electron chi connectivity index (χ1n) is 8.97. The van der Waals surface area contributed by atoms with E-state index in [2.05, 4.69) is 22.3 Å². The number of methoxy groups -OCH3 is 1. The van der Waals surface area contributed by atoms with Gasteiger partial charge in [0.1, 0.15) is 5.75 Å². The van der Waals surface area contributed by atoms with Crippen molar-refractivity contribution in [1.29, 1.82) is 0 Å². The third kappa shape index (κ3) is 3.26. The second-order valence-corrected chi connectivity index (χ2v) is 6.93. The van der Waals surface area contributed by atoms with Crippen molar-refractivity contribution in [2.75, 3.05) is 20.2 Å². The molecule has 0 radical (unpaired) electrons. The normalized spacial score (nSPS) is 27.2. The van der Waals surface area contributed by atoms with E-state index in [1.165, 1.54) is 20.0 Å². The van der Waals surface area contributed by atoms with Gasteiger partial charge in [0.2, 0.25) is 0 Å². The van der Waals surface area contributed by atoms with E-state index in [0.717, 1.165) is 13.1 Å². The summed E-state index contributed by atoms with van der Waals surface area (Å²) in [5.74, 6) is 1.71. The Labute approximate surface area is 152 Å². The first kappa shape index (κ1) is 16.9. The Bertz CT molecular complexity index is 763. The fourth-order valence-electron chi connectivity index (χ4n) is 3.96. The molecule has 2 atom stereocenters. The number of hydrogen-bond acceptors (Lipinski definition) is 6. The van der Waals surface area contributed by atoms with Gasteiger partial charge in [-0.15, -0.1) is 0 Å². The minimum atomic E-state index is -0.0368. The molecule has 0 aliphatic carbocycles. The molecule has 1 aromatic heterocycles. The van der Waals surface area contributed by atoms with Crippen molar-refractivity contribution < 1.29 is 18.8 Å². The lowest BCUT2D eigenvalue weighted by atomic mass is 9.79. The third-order valence-electron chi connectivity index (χ3n) is 5.48. The van der Waals surface area contributed by atoms with Gasteiger partial charge in [-0.2, -0.15) is 0 Å². The van der Waals surface area contributed by atoms with Crippen LogP contribution in [0.4, 0.5) is 0 Å². The number of nitrogens with one attached hydrogen (secondary N) is 1. The lowest BCUT2D eigenvalue weighted by Crippen LogP contribution is -2.62. The Morgan fingerprint density at radius 3 is 2.62 bits per heavy atom. The maximum atomic E-state index is 12.6. The third-order valence-corrected chi connectivity index (χ3v) is 5.48. The number of nitrogens with zero attached hydrogens (tertiary/aromatic N) is 2. The summed E-state index contributed by atoms with van der Waals surface area (Å²) in [6.45, 7) is 4.51. The molecule has 26 heavy (non-hydrogen) atoms. The molecule has 138 valence electrons. The molecular formula is C19H23N3O4. The maximum Gasteiger partial charge on any atom is 0.314 e. The van der Waals surface area contributed by atoms with Crippen molar-refractivity contribution in [2.45, 2.75) is 31.8 Å². The van der Waals surface area contributed by atoms with Gasteiger partial charge in [-0.25, -0.2) is 0 Å².